The van der Waals surface area contributed by atoms with E-state index in [0.29, 0.717) is 11.0 Å². The Morgan fingerprint density at radius 1 is 1.35 bits per heavy atom. The molecule has 26 heavy (non-hydrogen) atoms. The summed E-state index contributed by atoms with van der Waals surface area (Å²) < 4.78 is 44.7. The Bertz CT molecular complexity index is 652. The van der Waals surface area contributed by atoms with Crippen molar-refractivity contribution < 1.29 is 37.2 Å². The number of rotatable bonds is 4. The van der Waals surface area contributed by atoms with Gasteiger partial charge in [0, 0.05) is 5.56 Å². The van der Waals surface area contributed by atoms with Gasteiger partial charge in [-0.2, -0.15) is 13.2 Å². The number of hydrogen-bond acceptors (Lipinski definition) is 5. The molecule has 0 radical (unpaired) electrons. The zero-order valence-electron chi connectivity index (χ0n) is 14.8. The third kappa shape index (κ3) is 6.34. The molecule has 2 N–H and O–H groups in total. The Balaban J connectivity index is 0.00000105. The molecule has 0 spiro atoms. The maximum atomic E-state index is 12.0. The number of esters is 1. The first kappa shape index (κ1) is 22.0. The average molecular weight is 375 g/mol. The molecular weight excluding hydrogens is 354 g/mol. The van der Waals surface area contributed by atoms with Gasteiger partial charge in [0.1, 0.15) is 6.54 Å². The highest BCUT2D eigenvalue weighted by atomic mass is 19.4. The van der Waals surface area contributed by atoms with Gasteiger partial charge in [0.05, 0.1) is 6.61 Å². The topological polar surface area (TPSA) is 84.9 Å². The quantitative estimate of drug-likeness (QED) is 0.615. The van der Waals surface area contributed by atoms with Crippen molar-refractivity contribution in [3.63, 3.8) is 0 Å². The number of nitrogens with one attached hydrogen (secondary N) is 1. The highest BCUT2D eigenvalue weighted by molar-refractivity contribution is 6.62. The number of hydrogen-bond donors (Lipinski definition) is 2. The smallest absolute Gasteiger partial charge is 0.455 e. The lowest BCUT2D eigenvalue weighted by molar-refractivity contribution is -0.185. The molecule has 10 heteroatoms. The van der Waals surface area contributed by atoms with Crippen LogP contribution < -0.4 is 10.8 Å². The molecule has 0 saturated carbocycles. The first-order chi connectivity index (χ1) is 12.1. The lowest BCUT2D eigenvalue weighted by atomic mass is 9.75. The van der Waals surface area contributed by atoms with Crippen LogP contribution in [0.15, 0.2) is 12.1 Å². The van der Waals surface area contributed by atoms with Gasteiger partial charge in [0.25, 0.3) is 5.91 Å². The number of carbonyl (C=O) groups excluding carboxylic acids is 2. The molecule has 0 bridgehead atoms. The van der Waals surface area contributed by atoms with Crippen molar-refractivity contribution in [2.24, 2.45) is 0 Å². The van der Waals surface area contributed by atoms with Crippen molar-refractivity contribution in [2.45, 2.75) is 40.0 Å². The molecule has 0 atom stereocenters. The van der Waals surface area contributed by atoms with E-state index < -0.39 is 38.3 Å². The predicted octanol–water partition coefficient (Wildman–Crippen LogP) is 1.46. The van der Waals surface area contributed by atoms with Crippen LogP contribution in [0.4, 0.5) is 13.2 Å². The van der Waals surface area contributed by atoms with Gasteiger partial charge in [-0.15, -0.1) is 0 Å². The van der Waals surface area contributed by atoms with E-state index in [9.17, 15) is 27.8 Å². The van der Waals surface area contributed by atoms with Crippen molar-refractivity contribution in [1.29, 1.82) is 0 Å². The Morgan fingerprint density at radius 3 is 2.54 bits per heavy atom. The van der Waals surface area contributed by atoms with Crippen molar-refractivity contribution in [2.75, 3.05) is 13.2 Å². The van der Waals surface area contributed by atoms with Crippen molar-refractivity contribution >= 4 is 24.5 Å². The molecule has 0 fully saturated rings. The molecule has 0 aromatic heterocycles. The summed E-state index contributed by atoms with van der Waals surface area (Å²) in [7, 11) is -1.13. The highest BCUT2D eigenvalue weighted by Crippen LogP contribution is 2.16. The molecular formula is C16H21BF3NO5. The monoisotopic (exact) mass is 375 g/mol. The molecule has 1 amide bonds. The van der Waals surface area contributed by atoms with Crippen LogP contribution in [0.3, 0.4) is 0 Å². The fourth-order valence-corrected chi connectivity index (χ4v) is 2.21. The number of alkyl halides is 3. The maximum absolute atomic E-state index is 12.0. The van der Waals surface area contributed by atoms with Gasteiger partial charge in [0.15, 0.2) is 6.61 Å². The van der Waals surface area contributed by atoms with Gasteiger partial charge < -0.3 is 19.7 Å². The first-order valence-corrected chi connectivity index (χ1v) is 8.03. The Hall–Kier alpha value is -2.07. The van der Waals surface area contributed by atoms with E-state index in [1.807, 2.05) is 0 Å². The zero-order valence-corrected chi connectivity index (χ0v) is 14.8. The number of ether oxygens (including phenoxy) is 1. The minimum atomic E-state index is -4.62. The van der Waals surface area contributed by atoms with E-state index in [1.165, 1.54) is 12.5 Å². The van der Waals surface area contributed by atoms with Crippen molar-refractivity contribution in [3.8, 4) is 0 Å². The lowest BCUT2D eigenvalue weighted by Gasteiger charge is -2.11. The second-order valence-corrected chi connectivity index (χ2v) is 5.64. The van der Waals surface area contributed by atoms with Gasteiger partial charge in [-0.05, 0) is 29.6 Å². The Labute approximate surface area is 149 Å². The molecule has 1 heterocycles. The van der Waals surface area contributed by atoms with Crippen LogP contribution in [-0.2, 0) is 20.8 Å². The van der Waals surface area contributed by atoms with Crippen LogP contribution in [0.2, 0.25) is 0 Å². The number of fused-ring (bicyclic) bond motifs is 1. The summed E-state index contributed by atoms with van der Waals surface area (Å²) in [6, 6.07) is 3.10. The van der Waals surface area contributed by atoms with E-state index in [0.717, 1.165) is 5.56 Å². The zero-order chi connectivity index (χ0) is 19.9. The molecule has 1 aromatic rings. The van der Waals surface area contributed by atoms with Crippen LogP contribution in [0.1, 0.15) is 41.8 Å². The average Bonchev–Trinajstić information content (AvgIpc) is 2.93. The summed E-state index contributed by atoms with van der Waals surface area (Å²) in [5.41, 5.74) is 1.90. The fraction of sp³-hybridized carbons (Fsp3) is 0.500. The van der Waals surface area contributed by atoms with Gasteiger partial charge in [-0.25, -0.2) is 0 Å². The summed E-state index contributed by atoms with van der Waals surface area (Å²) >= 11 is 0. The second kappa shape index (κ2) is 9.58. The van der Waals surface area contributed by atoms with Gasteiger partial charge in [-0.1, -0.05) is 26.3 Å². The molecule has 6 nitrogen and oxygen atoms in total. The standard InChI is InChI=1S/C13H13BF3NO5.C3H8/c1-7-9(3-2-8-5-23-14(21)11(7)8)12(20)18-4-10(19)22-6-13(15,16)17;1-3-2/h2-3,21H,4-6H2,1H3,(H,18,20);3H2,1-2H3. The molecule has 0 unspecified atom stereocenters. The summed E-state index contributed by atoms with van der Waals surface area (Å²) in [5.74, 6) is -1.86. The molecule has 2 rings (SSSR count). The number of amides is 1. The van der Waals surface area contributed by atoms with E-state index >= 15 is 0 Å². The molecule has 0 saturated heterocycles. The van der Waals surface area contributed by atoms with Crippen LogP contribution in [-0.4, -0.2) is 43.3 Å². The number of benzene rings is 1. The summed E-state index contributed by atoms with van der Waals surface area (Å²) in [6.07, 6.45) is -3.37. The largest absolute Gasteiger partial charge is 0.492 e. The van der Waals surface area contributed by atoms with Crippen LogP contribution in [0.25, 0.3) is 0 Å². The van der Waals surface area contributed by atoms with E-state index in [4.69, 9.17) is 4.65 Å². The second-order valence-electron chi connectivity index (χ2n) is 5.64. The summed E-state index contributed by atoms with van der Waals surface area (Å²) in [5, 5.41) is 11.9. The van der Waals surface area contributed by atoms with Gasteiger partial charge in [0.2, 0.25) is 0 Å². The molecule has 1 aromatic carbocycles. The van der Waals surface area contributed by atoms with Crippen molar-refractivity contribution in [3.05, 3.63) is 28.8 Å². The number of carbonyl (C=O) groups is 2. The van der Waals surface area contributed by atoms with Crippen LogP contribution in [0, 0.1) is 6.92 Å². The minimum absolute atomic E-state index is 0.192. The third-order valence-corrected chi connectivity index (χ3v) is 3.28. The fourth-order valence-electron chi connectivity index (χ4n) is 2.21. The van der Waals surface area contributed by atoms with Crippen LogP contribution >= 0.6 is 0 Å². The first-order valence-electron chi connectivity index (χ1n) is 8.03. The van der Waals surface area contributed by atoms with Gasteiger partial charge in [-0.3, -0.25) is 9.59 Å². The molecule has 1 aliphatic heterocycles. The normalized spacial score (nSPS) is 12.8. The van der Waals surface area contributed by atoms with Gasteiger partial charge >= 0.3 is 19.3 Å². The molecule has 0 aliphatic carbocycles. The summed E-state index contributed by atoms with van der Waals surface area (Å²) in [4.78, 5) is 23.2. The van der Waals surface area contributed by atoms with Crippen molar-refractivity contribution in [1.82, 2.24) is 5.32 Å². The van der Waals surface area contributed by atoms with E-state index in [1.54, 1.807) is 13.0 Å². The SMILES string of the molecule is CCC.Cc1c(C(=O)NCC(=O)OCC(F)(F)F)ccc2c1B(O)OC2. The highest BCUT2D eigenvalue weighted by Gasteiger charge is 2.31. The minimum Gasteiger partial charge on any atom is -0.455 e. The van der Waals surface area contributed by atoms with Crippen LogP contribution in [0.5, 0.6) is 0 Å². The predicted molar refractivity (Wildman–Crippen MR) is 88.9 cm³/mol. The molecule has 1 aliphatic rings. The van der Waals surface area contributed by atoms with E-state index in [-0.39, 0.29) is 12.2 Å². The Morgan fingerprint density at radius 2 is 1.96 bits per heavy atom. The Kier molecular flexibility index (Phi) is 8.10. The summed E-state index contributed by atoms with van der Waals surface area (Å²) in [6.45, 7) is 3.68. The maximum Gasteiger partial charge on any atom is 0.492 e. The number of halogens is 3. The third-order valence-electron chi connectivity index (χ3n) is 3.28. The molecule has 144 valence electrons. The van der Waals surface area contributed by atoms with E-state index in [2.05, 4.69) is 23.9 Å². The lowest BCUT2D eigenvalue weighted by Crippen LogP contribution is -2.36.